The van der Waals surface area contributed by atoms with Gasteiger partial charge in [-0.1, -0.05) is 12.2 Å². The van der Waals surface area contributed by atoms with Crippen molar-refractivity contribution in [3.8, 4) is 0 Å². The van der Waals surface area contributed by atoms with Gasteiger partial charge in [0.15, 0.2) is 0 Å². The minimum absolute atomic E-state index is 0.432. The lowest BCUT2D eigenvalue weighted by Crippen LogP contribution is -2.38. The Bertz CT molecular complexity index is 433. The van der Waals surface area contributed by atoms with Crippen LogP contribution in [0.1, 0.15) is 18.4 Å². The van der Waals surface area contributed by atoms with Gasteiger partial charge in [-0.05, 0) is 39.1 Å². The van der Waals surface area contributed by atoms with Crippen LogP contribution < -0.4 is 10.6 Å². The van der Waals surface area contributed by atoms with Crippen LogP contribution in [-0.2, 0) is 0 Å². The second kappa shape index (κ2) is 5.63. The summed E-state index contributed by atoms with van der Waals surface area (Å²) >= 11 is 5.02. The Hall–Kier alpha value is -1.20. The van der Waals surface area contributed by atoms with Crippen molar-refractivity contribution in [3.05, 3.63) is 23.9 Å². The van der Waals surface area contributed by atoms with E-state index in [1.165, 1.54) is 12.8 Å². The van der Waals surface area contributed by atoms with Crippen LogP contribution in [-0.4, -0.2) is 48.1 Å². The van der Waals surface area contributed by atoms with Crippen molar-refractivity contribution in [2.75, 3.05) is 32.1 Å². The number of nitrogens with zero attached hydrogens (tertiary/aromatic N) is 3. The molecule has 1 aliphatic heterocycles. The maximum atomic E-state index is 5.67. The van der Waals surface area contributed by atoms with Crippen LogP contribution in [0.3, 0.4) is 0 Å². The van der Waals surface area contributed by atoms with Crippen molar-refractivity contribution >= 4 is 23.0 Å². The summed E-state index contributed by atoms with van der Waals surface area (Å²) in [6.07, 6.45) is 4.23. The average molecular weight is 264 g/mol. The maximum Gasteiger partial charge on any atom is 0.129 e. The molecule has 0 saturated carbocycles. The molecule has 1 aromatic heterocycles. The van der Waals surface area contributed by atoms with Crippen LogP contribution in [0.25, 0.3) is 0 Å². The van der Waals surface area contributed by atoms with Crippen LogP contribution >= 0.6 is 12.2 Å². The quantitative estimate of drug-likeness (QED) is 0.829. The molecule has 1 unspecified atom stereocenters. The van der Waals surface area contributed by atoms with Crippen LogP contribution in [0.2, 0.25) is 0 Å². The van der Waals surface area contributed by atoms with E-state index in [9.17, 15) is 0 Å². The van der Waals surface area contributed by atoms with Crippen molar-refractivity contribution in [2.24, 2.45) is 5.73 Å². The lowest BCUT2D eigenvalue weighted by atomic mass is 10.2. The molecule has 4 nitrogen and oxygen atoms in total. The molecule has 0 radical (unpaired) electrons. The van der Waals surface area contributed by atoms with Crippen LogP contribution in [0.5, 0.6) is 0 Å². The number of aromatic nitrogens is 1. The zero-order valence-electron chi connectivity index (χ0n) is 11.0. The number of hydrogen-bond acceptors (Lipinski definition) is 4. The molecule has 0 amide bonds. The van der Waals surface area contributed by atoms with E-state index in [1.54, 1.807) is 6.20 Å². The van der Waals surface area contributed by atoms with Crippen molar-refractivity contribution in [3.63, 3.8) is 0 Å². The number of anilines is 1. The van der Waals surface area contributed by atoms with Gasteiger partial charge in [0.1, 0.15) is 10.8 Å². The smallest absolute Gasteiger partial charge is 0.129 e. The second-order valence-electron chi connectivity index (χ2n) is 5.02. The molecule has 1 aliphatic rings. The van der Waals surface area contributed by atoms with E-state index >= 15 is 0 Å². The molecule has 1 atom stereocenters. The molecule has 2 heterocycles. The van der Waals surface area contributed by atoms with Gasteiger partial charge >= 0.3 is 0 Å². The molecule has 0 bridgehead atoms. The first-order valence-electron chi connectivity index (χ1n) is 6.25. The van der Waals surface area contributed by atoms with Gasteiger partial charge in [-0.25, -0.2) is 4.98 Å². The first-order valence-corrected chi connectivity index (χ1v) is 6.66. The molecule has 98 valence electrons. The fraction of sp³-hybridized carbons (Fsp3) is 0.538. The van der Waals surface area contributed by atoms with Crippen molar-refractivity contribution in [1.29, 1.82) is 0 Å². The summed E-state index contributed by atoms with van der Waals surface area (Å²) in [4.78, 5) is 9.47. The highest BCUT2D eigenvalue weighted by atomic mass is 32.1. The molecule has 2 rings (SSSR count). The third-order valence-electron chi connectivity index (χ3n) is 3.28. The Balaban J connectivity index is 2.19. The summed E-state index contributed by atoms with van der Waals surface area (Å²) in [6.45, 7) is 2.12. The number of thiocarbonyl (C=S) groups is 1. The number of likely N-dealkylation sites (N-methyl/N-ethyl adjacent to an activating group) is 1. The largest absolute Gasteiger partial charge is 0.389 e. The predicted octanol–water partition coefficient (Wildman–Crippen LogP) is 1.25. The highest BCUT2D eigenvalue weighted by Crippen LogP contribution is 2.24. The van der Waals surface area contributed by atoms with E-state index in [2.05, 4.69) is 28.9 Å². The molecule has 0 spiro atoms. The van der Waals surface area contributed by atoms with E-state index < -0.39 is 0 Å². The molecule has 1 fully saturated rings. The Labute approximate surface area is 114 Å². The van der Waals surface area contributed by atoms with E-state index in [-0.39, 0.29) is 0 Å². The van der Waals surface area contributed by atoms with Crippen molar-refractivity contribution < 1.29 is 0 Å². The van der Waals surface area contributed by atoms with Gasteiger partial charge in [0, 0.05) is 30.9 Å². The standard InChI is InChI=1S/C13H20N4S/c1-16(2)9-11-4-3-7-17(11)12-8-10(13(14)18)5-6-15-12/h5-6,8,11H,3-4,7,9H2,1-2H3,(H2,14,18). The van der Waals surface area contributed by atoms with Crippen molar-refractivity contribution in [1.82, 2.24) is 9.88 Å². The third kappa shape index (κ3) is 2.97. The summed E-state index contributed by atoms with van der Waals surface area (Å²) in [7, 11) is 4.21. The van der Waals surface area contributed by atoms with Gasteiger partial charge in [0.2, 0.25) is 0 Å². The first-order chi connectivity index (χ1) is 8.58. The lowest BCUT2D eigenvalue weighted by Gasteiger charge is -2.28. The average Bonchev–Trinajstić information content (AvgIpc) is 2.76. The Morgan fingerprint density at radius 1 is 1.61 bits per heavy atom. The summed E-state index contributed by atoms with van der Waals surface area (Å²) in [5.74, 6) is 0.990. The third-order valence-corrected chi connectivity index (χ3v) is 3.51. The zero-order chi connectivity index (χ0) is 13.1. The molecule has 2 N–H and O–H groups in total. The fourth-order valence-corrected chi connectivity index (χ4v) is 2.60. The Morgan fingerprint density at radius 2 is 2.39 bits per heavy atom. The monoisotopic (exact) mass is 264 g/mol. The van der Waals surface area contributed by atoms with Crippen LogP contribution in [0.15, 0.2) is 18.3 Å². The van der Waals surface area contributed by atoms with E-state index in [1.807, 2.05) is 12.1 Å². The Morgan fingerprint density at radius 3 is 3.06 bits per heavy atom. The topological polar surface area (TPSA) is 45.4 Å². The maximum absolute atomic E-state index is 5.67. The van der Waals surface area contributed by atoms with Gasteiger partial charge in [-0.2, -0.15) is 0 Å². The van der Waals surface area contributed by atoms with Crippen LogP contribution in [0.4, 0.5) is 5.82 Å². The van der Waals surface area contributed by atoms with Gasteiger partial charge in [-0.15, -0.1) is 0 Å². The molecule has 18 heavy (non-hydrogen) atoms. The van der Waals surface area contributed by atoms with Gasteiger partial charge < -0.3 is 15.5 Å². The second-order valence-corrected chi connectivity index (χ2v) is 5.46. The molecular weight excluding hydrogens is 244 g/mol. The first kappa shape index (κ1) is 13.2. The Kier molecular flexibility index (Phi) is 4.14. The van der Waals surface area contributed by atoms with Gasteiger partial charge in [0.25, 0.3) is 0 Å². The van der Waals surface area contributed by atoms with Gasteiger partial charge in [0.05, 0.1) is 0 Å². The number of nitrogens with two attached hydrogens (primary N) is 1. The van der Waals surface area contributed by atoms with E-state index in [0.29, 0.717) is 11.0 Å². The number of pyridine rings is 1. The molecule has 0 aliphatic carbocycles. The summed E-state index contributed by atoms with van der Waals surface area (Å²) in [6, 6.07) is 4.40. The number of hydrogen-bond donors (Lipinski definition) is 1. The highest BCUT2D eigenvalue weighted by Gasteiger charge is 2.26. The fourth-order valence-electron chi connectivity index (χ4n) is 2.48. The lowest BCUT2D eigenvalue weighted by molar-refractivity contribution is 0.371. The zero-order valence-corrected chi connectivity index (χ0v) is 11.8. The normalized spacial score (nSPS) is 19.5. The predicted molar refractivity (Wildman–Crippen MR) is 79.0 cm³/mol. The molecule has 5 heteroatoms. The summed E-state index contributed by atoms with van der Waals surface area (Å²) < 4.78 is 0. The number of rotatable bonds is 4. The highest BCUT2D eigenvalue weighted by molar-refractivity contribution is 7.80. The summed E-state index contributed by atoms with van der Waals surface area (Å²) in [5, 5.41) is 0. The molecule has 0 aromatic carbocycles. The molecular formula is C13H20N4S. The van der Waals surface area contributed by atoms with E-state index in [0.717, 1.165) is 24.5 Å². The van der Waals surface area contributed by atoms with Gasteiger partial charge in [-0.3, -0.25) is 0 Å². The molecule has 1 aromatic rings. The minimum Gasteiger partial charge on any atom is -0.389 e. The van der Waals surface area contributed by atoms with Crippen molar-refractivity contribution in [2.45, 2.75) is 18.9 Å². The SMILES string of the molecule is CN(C)CC1CCCN1c1cc(C(N)=S)ccn1. The van der Waals surface area contributed by atoms with Crippen LogP contribution in [0, 0.1) is 0 Å². The minimum atomic E-state index is 0.432. The summed E-state index contributed by atoms with van der Waals surface area (Å²) in [5.41, 5.74) is 6.57. The molecule has 1 saturated heterocycles. The van der Waals surface area contributed by atoms with E-state index in [4.69, 9.17) is 18.0 Å².